The predicted octanol–water partition coefficient (Wildman–Crippen LogP) is 4.74. The highest BCUT2D eigenvalue weighted by Gasteiger charge is 2.28. The quantitative estimate of drug-likeness (QED) is 0.545. The Kier molecular flexibility index (Phi) is 6.17. The number of benzene rings is 2. The third-order valence-electron chi connectivity index (χ3n) is 5.21. The van der Waals surface area contributed by atoms with E-state index in [0.29, 0.717) is 18.8 Å². The number of aromatic amines is 1. The molecule has 3 aromatic rings. The summed E-state index contributed by atoms with van der Waals surface area (Å²) in [7, 11) is 0. The highest BCUT2D eigenvalue weighted by Crippen LogP contribution is 2.44. The van der Waals surface area contributed by atoms with Crippen molar-refractivity contribution in [3.63, 3.8) is 0 Å². The summed E-state index contributed by atoms with van der Waals surface area (Å²) < 4.78 is 10.4. The largest absolute Gasteiger partial charge is 0.461 e. The number of ether oxygens (including phenoxy) is 2. The van der Waals surface area contributed by atoms with Gasteiger partial charge in [0, 0.05) is 18.2 Å². The summed E-state index contributed by atoms with van der Waals surface area (Å²) in [6, 6.07) is 19.9. The van der Waals surface area contributed by atoms with E-state index in [0.717, 1.165) is 5.69 Å². The fraction of sp³-hybridized carbons (Fsp3) is 0.200. The number of hydrogen-bond acceptors (Lipinski definition) is 4. The number of H-pyrrole nitrogens is 1. The first-order valence-electron chi connectivity index (χ1n) is 10.3. The summed E-state index contributed by atoms with van der Waals surface area (Å²) in [4.78, 5) is 26.8. The molecule has 1 aromatic heterocycles. The minimum Gasteiger partial charge on any atom is -0.461 e. The van der Waals surface area contributed by atoms with Crippen LogP contribution in [0.2, 0.25) is 0 Å². The lowest BCUT2D eigenvalue weighted by Gasteiger charge is -2.14. The Morgan fingerprint density at radius 1 is 0.968 bits per heavy atom. The van der Waals surface area contributed by atoms with E-state index < -0.39 is 6.09 Å². The number of carbonyl (C=O) groups excluding carboxylic acids is 2. The van der Waals surface area contributed by atoms with Crippen molar-refractivity contribution in [2.75, 3.05) is 19.8 Å². The summed E-state index contributed by atoms with van der Waals surface area (Å²) in [6.07, 6.45) is 3.10. The van der Waals surface area contributed by atoms with Crippen LogP contribution in [0.15, 0.2) is 66.7 Å². The van der Waals surface area contributed by atoms with Gasteiger partial charge in [-0.2, -0.15) is 0 Å². The van der Waals surface area contributed by atoms with Crippen molar-refractivity contribution in [1.29, 1.82) is 0 Å². The van der Waals surface area contributed by atoms with Crippen LogP contribution in [0.3, 0.4) is 0 Å². The third kappa shape index (κ3) is 4.53. The van der Waals surface area contributed by atoms with E-state index in [1.165, 1.54) is 22.3 Å². The second-order valence-electron chi connectivity index (χ2n) is 7.16. The van der Waals surface area contributed by atoms with Crippen molar-refractivity contribution < 1.29 is 19.1 Å². The Morgan fingerprint density at radius 2 is 1.65 bits per heavy atom. The topological polar surface area (TPSA) is 80.4 Å². The minimum atomic E-state index is -0.467. The molecule has 158 valence electrons. The van der Waals surface area contributed by atoms with Crippen molar-refractivity contribution in [2.45, 2.75) is 12.8 Å². The van der Waals surface area contributed by atoms with Gasteiger partial charge in [-0.05, 0) is 47.4 Å². The van der Waals surface area contributed by atoms with E-state index in [2.05, 4.69) is 34.6 Å². The second kappa shape index (κ2) is 9.34. The zero-order valence-electron chi connectivity index (χ0n) is 17.3. The SMILES string of the molecule is CCOC(=O)c1ccc(C=CCNC(=O)OCC2c3ccccc3-c3ccccc32)[nH]1. The number of amides is 1. The Labute approximate surface area is 180 Å². The zero-order valence-corrected chi connectivity index (χ0v) is 17.3. The number of esters is 1. The van der Waals surface area contributed by atoms with Crippen molar-refractivity contribution in [1.82, 2.24) is 10.3 Å². The molecule has 0 unspecified atom stereocenters. The lowest BCUT2D eigenvalue weighted by atomic mass is 9.98. The Balaban J connectivity index is 1.29. The number of aromatic nitrogens is 1. The normalized spacial score (nSPS) is 12.4. The number of nitrogens with one attached hydrogen (secondary N) is 2. The van der Waals surface area contributed by atoms with Gasteiger partial charge in [0.1, 0.15) is 12.3 Å². The first kappa shape index (κ1) is 20.5. The Hall–Kier alpha value is -3.80. The molecule has 0 radical (unpaired) electrons. The standard InChI is InChI=1S/C25H24N2O4/c1-2-30-24(28)23-14-13-17(27-23)8-7-15-26-25(29)31-16-22-20-11-5-3-9-18(20)19-10-4-6-12-21(19)22/h3-14,22,27H,2,15-16H2,1H3,(H,26,29). The number of alkyl carbamates (subject to hydrolysis) is 1. The maximum atomic E-state index is 12.2. The van der Waals surface area contributed by atoms with Crippen molar-refractivity contribution in [3.05, 3.63) is 89.3 Å². The van der Waals surface area contributed by atoms with Gasteiger partial charge < -0.3 is 19.8 Å². The molecule has 0 saturated heterocycles. The van der Waals surface area contributed by atoms with Crippen LogP contribution in [-0.4, -0.2) is 36.8 Å². The van der Waals surface area contributed by atoms with Gasteiger partial charge in [0.2, 0.25) is 0 Å². The summed E-state index contributed by atoms with van der Waals surface area (Å²) in [5.74, 6) is -0.354. The van der Waals surface area contributed by atoms with Crippen LogP contribution in [-0.2, 0) is 9.47 Å². The van der Waals surface area contributed by atoms with Crippen LogP contribution in [0.1, 0.15) is 40.2 Å². The fourth-order valence-corrected chi connectivity index (χ4v) is 3.81. The van der Waals surface area contributed by atoms with Crippen molar-refractivity contribution in [2.24, 2.45) is 0 Å². The molecule has 0 spiro atoms. The molecule has 6 nitrogen and oxygen atoms in total. The Bertz CT molecular complexity index is 1070. The van der Waals surface area contributed by atoms with E-state index in [-0.39, 0.29) is 18.5 Å². The van der Waals surface area contributed by atoms with E-state index in [4.69, 9.17) is 9.47 Å². The van der Waals surface area contributed by atoms with E-state index >= 15 is 0 Å². The minimum absolute atomic E-state index is 0.0360. The molecule has 0 saturated carbocycles. The molecule has 1 heterocycles. The maximum absolute atomic E-state index is 12.2. The smallest absolute Gasteiger partial charge is 0.407 e. The monoisotopic (exact) mass is 416 g/mol. The van der Waals surface area contributed by atoms with Gasteiger partial charge in [-0.15, -0.1) is 0 Å². The van der Waals surface area contributed by atoms with Crippen LogP contribution in [0.5, 0.6) is 0 Å². The Morgan fingerprint density at radius 3 is 2.32 bits per heavy atom. The molecular formula is C25H24N2O4. The summed E-state index contributed by atoms with van der Waals surface area (Å²) in [6.45, 7) is 2.68. The second-order valence-corrected chi connectivity index (χ2v) is 7.16. The molecule has 1 aliphatic carbocycles. The summed E-state index contributed by atoms with van der Waals surface area (Å²) >= 11 is 0. The third-order valence-corrected chi connectivity index (χ3v) is 5.21. The first-order chi connectivity index (χ1) is 15.2. The molecule has 2 aromatic carbocycles. The molecule has 2 N–H and O–H groups in total. The maximum Gasteiger partial charge on any atom is 0.407 e. The van der Waals surface area contributed by atoms with Gasteiger partial charge in [-0.25, -0.2) is 9.59 Å². The highest BCUT2D eigenvalue weighted by atomic mass is 16.5. The fourth-order valence-electron chi connectivity index (χ4n) is 3.81. The van der Waals surface area contributed by atoms with Crippen LogP contribution >= 0.6 is 0 Å². The highest BCUT2D eigenvalue weighted by molar-refractivity contribution is 5.87. The van der Waals surface area contributed by atoms with Crippen LogP contribution in [0, 0.1) is 0 Å². The summed E-state index contributed by atoms with van der Waals surface area (Å²) in [5.41, 5.74) is 5.90. The molecular weight excluding hydrogens is 392 g/mol. The van der Waals surface area contributed by atoms with Gasteiger partial charge in [0.05, 0.1) is 6.61 Å². The van der Waals surface area contributed by atoms with Crippen LogP contribution in [0.4, 0.5) is 4.79 Å². The average molecular weight is 416 g/mol. The number of hydrogen-bond donors (Lipinski definition) is 2. The van der Waals surface area contributed by atoms with E-state index in [1.807, 2.05) is 24.3 Å². The van der Waals surface area contributed by atoms with Crippen LogP contribution < -0.4 is 5.32 Å². The molecule has 0 atom stereocenters. The van der Waals surface area contributed by atoms with Crippen LogP contribution in [0.25, 0.3) is 17.2 Å². The van der Waals surface area contributed by atoms with Gasteiger partial charge in [0.25, 0.3) is 0 Å². The molecule has 6 heteroatoms. The molecule has 1 amide bonds. The lowest BCUT2D eigenvalue weighted by Crippen LogP contribution is -2.26. The van der Waals surface area contributed by atoms with E-state index in [1.54, 1.807) is 31.2 Å². The zero-order chi connectivity index (χ0) is 21.6. The lowest BCUT2D eigenvalue weighted by molar-refractivity contribution is 0.0520. The molecule has 0 aliphatic heterocycles. The van der Waals surface area contributed by atoms with Gasteiger partial charge in [-0.1, -0.05) is 54.6 Å². The molecule has 0 bridgehead atoms. The van der Waals surface area contributed by atoms with Gasteiger partial charge in [0.15, 0.2) is 0 Å². The number of rotatable bonds is 7. The average Bonchev–Trinajstić information content (AvgIpc) is 3.39. The first-order valence-corrected chi connectivity index (χ1v) is 10.3. The molecule has 0 fully saturated rings. The predicted molar refractivity (Wildman–Crippen MR) is 119 cm³/mol. The van der Waals surface area contributed by atoms with Gasteiger partial charge >= 0.3 is 12.1 Å². The van der Waals surface area contributed by atoms with Gasteiger partial charge in [-0.3, -0.25) is 0 Å². The molecule has 1 aliphatic rings. The molecule has 31 heavy (non-hydrogen) atoms. The summed E-state index contributed by atoms with van der Waals surface area (Å²) in [5, 5.41) is 2.72. The van der Waals surface area contributed by atoms with E-state index in [9.17, 15) is 9.59 Å². The van der Waals surface area contributed by atoms with Crippen molar-refractivity contribution in [3.8, 4) is 11.1 Å². The number of carbonyl (C=O) groups is 2. The number of fused-ring (bicyclic) bond motifs is 3. The van der Waals surface area contributed by atoms with Crippen molar-refractivity contribution >= 4 is 18.1 Å². The molecule has 4 rings (SSSR count).